The molecule has 1 heterocycles. The van der Waals surface area contributed by atoms with E-state index in [1.807, 2.05) is 0 Å². The molecule has 8 heteroatoms. The molecule has 0 saturated carbocycles. The first-order valence-corrected chi connectivity index (χ1v) is 6.80. The predicted molar refractivity (Wildman–Crippen MR) is 77.4 cm³/mol. The summed E-state index contributed by atoms with van der Waals surface area (Å²) >= 11 is 5.84. The van der Waals surface area contributed by atoms with Crippen molar-refractivity contribution in [1.82, 2.24) is 15.0 Å². The zero-order valence-electron chi connectivity index (χ0n) is 11.2. The maximum atomic E-state index is 12.9. The van der Waals surface area contributed by atoms with Gasteiger partial charge in [-0.2, -0.15) is 0 Å². The van der Waals surface area contributed by atoms with Crippen LogP contribution in [0, 0.1) is 5.82 Å². The van der Waals surface area contributed by atoms with Gasteiger partial charge in [0.2, 0.25) is 5.91 Å². The molecule has 0 saturated heterocycles. The van der Waals surface area contributed by atoms with Gasteiger partial charge >= 0.3 is 0 Å². The van der Waals surface area contributed by atoms with Gasteiger partial charge in [-0.15, -0.1) is 5.10 Å². The Hall–Kier alpha value is -1.99. The van der Waals surface area contributed by atoms with Gasteiger partial charge in [0.15, 0.2) is 0 Å². The Kier molecular flexibility index (Phi) is 5.24. The van der Waals surface area contributed by atoms with Gasteiger partial charge in [0.25, 0.3) is 0 Å². The number of nitrogens with one attached hydrogen (secondary N) is 1. The fraction of sp³-hybridized carbons (Fsp3) is 0.308. The molecular weight excluding hydrogens is 297 g/mol. The number of benzene rings is 1. The minimum Gasteiger partial charge on any atom is -0.330 e. The minimum atomic E-state index is -0.459. The summed E-state index contributed by atoms with van der Waals surface area (Å²) < 4.78 is 14.3. The molecule has 0 atom stereocenters. The van der Waals surface area contributed by atoms with Crippen molar-refractivity contribution in [3.8, 4) is 0 Å². The van der Waals surface area contributed by atoms with Crippen LogP contribution in [0.3, 0.4) is 0 Å². The van der Waals surface area contributed by atoms with Crippen molar-refractivity contribution in [2.45, 2.75) is 19.4 Å². The van der Waals surface area contributed by atoms with Crippen molar-refractivity contribution in [3.05, 3.63) is 40.9 Å². The van der Waals surface area contributed by atoms with E-state index in [1.165, 1.54) is 16.8 Å². The molecule has 0 bridgehead atoms. The van der Waals surface area contributed by atoms with Crippen LogP contribution in [0.4, 0.5) is 10.1 Å². The average Bonchev–Trinajstić information content (AvgIpc) is 2.87. The number of carbonyl (C=O) groups is 1. The highest BCUT2D eigenvalue weighted by molar-refractivity contribution is 6.33. The third kappa shape index (κ3) is 4.51. The van der Waals surface area contributed by atoms with Gasteiger partial charge in [-0.3, -0.25) is 4.79 Å². The smallest absolute Gasteiger partial charge is 0.246 e. The fourth-order valence-electron chi connectivity index (χ4n) is 1.74. The molecule has 1 amide bonds. The summed E-state index contributed by atoms with van der Waals surface area (Å²) in [6, 6.07) is 3.77. The van der Waals surface area contributed by atoms with Crippen LogP contribution in [0.5, 0.6) is 0 Å². The number of hydrogen-bond donors (Lipinski definition) is 2. The zero-order chi connectivity index (χ0) is 15.2. The van der Waals surface area contributed by atoms with E-state index in [2.05, 4.69) is 15.6 Å². The fourth-order valence-corrected chi connectivity index (χ4v) is 1.96. The standard InChI is InChI=1S/C13H15ClFN5O/c14-11-6-9(15)3-4-12(11)17-13(21)8-20-7-10(18-19-20)2-1-5-16/h3-4,6-7H,1-2,5,8,16H2,(H,17,21). The molecular formula is C13H15ClFN5O. The van der Waals surface area contributed by atoms with E-state index in [0.717, 1.165) is 24.6 Å². The monoisotopic (exact) mass is 311 g/mol. The number of nitrogens with two attached hydrogens (primary N) is 1. The summed E-state index contributed by atoms with van der Waals surface area (Å²) in [6.07, 6.45) is 3.24. The van der Waals surface area contributed by atoms with Gasteiger partial charge in [0, 0.05) is 6.20 Å². The lowest BCUT2D eigenvalue weighted by Gasteiger charge is -2.06. The molecule has 2 aromatic rings. The van der Waals surface area contributed by atoms with Crippen molar-refractivity contribution >= 4 is 23.2 Å². The van der Waals surface area contributed by atoms with Gasteiger partial charge in [0.05, 0.1) is 16.4 Å². The molecule has 1 aromatic carbocycles. The second-order valence-corrected chi connectivity index (χ2v) is 4.88. The lowest BCUT2D eigenvalue weighted by atomic mass is 10.2. The summed E-state index contributed by atoms with van der Waals surface area (Å²) in [5.74, 6) is -0.780. The zero-order valence-corrected chi connectivity index (χ0v) is 12.0. The molecule has 21 heavy (non-hydrogen) atoms. The summed E-state index contributed by atoms with van der Waals surface area (Å²) in [6.45, 7) is 0.583. The molecule has 1 aromatic heterocycles. The number of halogens is 2. The first-order valence-electron chi connectivity index (χ1n) is 6.42. The summed E-state index contributed by atoms with van der Waals surface area (Å²) in [5, 5.41) is 10.5. The van der Waals surface area contributed by atoms with Gasteiger partial charge in [0.1, 0.15) is 12.4 Å². The molecule has 2 rings (SSSR count). The first-order chi connectivity index (χ1) is 10.1. The van der Waals surface area contributed by atoms with Crippen LogP contribution in [0.15, 0.2) is 24.4 Å². The Morgan fingerprint density at radius 1 is 1.48 bits per heavy atom. The van der Waals surface area contributed by atoms with Crippen molar-refractivity contribution in [3.63, 3.8) is 0 Å². The average molecular weight is 312 g/mol. The number of amides is 1. The summed E-state index contributed by atoms with van der Waals surface area (Å²) in [7, 11) is 0. The normalized spacial score (nSPS) is 10.6. The van der Waals surface area contributed by atoms with Crippen LogP contribution in [0.25, 0.3) is 0 Å². The minimum absolute atomic E-state index is 0.00330. The van der Waals surface area contributed by atoms with Crippen LogP contribution < -0.4 is 11.1 Å². The molecule has 0 aliphatic heterocycles. The van der Waals surface area contributed by atoms with Crippen LogP contribution in [0.2, 0.25) is 5.02 Å². The van der Waals surface area contributed by atoms with E-state index in [-0.39, 0.29) is 17.5 Å². The lowest BCUT2D eigenvalue weighted by Crippen LogP contribution is -2.19. The molecule has 0 unspecified atom stereocenters. The molecule has 0 aliphatic rings. The quantitative estimate of drug-likeness (QED) is 0.848. The highest BCUT2D eigenvalue weighted by Crippen LogP contribution is 2.22. The predicted octanol–water partition coefficient (Wildman–Crippen LogP) is 1.60. The highest BCUT2D eigenvalue weighted by atomic mass is 35.5. The number of nitrogens with zero attached hydrogens (tertiary/aromatic N) is 3. The van der Waals surface area contributed by atoms with Crippen molar-refractivity contribution < 1.29 is 9.18 Å². The maximum Gasteiger partial charge on any atom is 0.246 e. The van der Waals surface area contributed by atoms with Crippen molar-refractivity contribution in [2.75, 3.05) is 11.9 Å². The van der Waals surface area contributed by atoms with E-state index < -0.39 is 5.82 Å². The van der Waals surface area contributed by atoms with Gasteiger partial charge in [-0.25, -0.2) is 9.07 Å². The van der Waals surface area contributed by atoms with Gasteiger partial charge in [-0.1, -0.05) is 16.8 Å². The molecule has 6 nitrogen and oxygen atoms in total. The van der Waals surface area contributed by atoms with Gasteiger partial charge in [-0.05, 0) is 37.6 Å². The Balaban J connectivity index is 1.93. The Labute approximate surface area is 126 Å². The largest absolute Gasteiger partial charge is 0.330 e. The molecule has 0 radical (unpaired) electrons. The van der Waals surface area contributed by atoms with E-state index >= 15 is 0 Å². The molecule has 0 fully saturated rings. The van der Waals surface area contributed by atoms with Gasteiger partial charge < -0.3 is 11.1 Å². The van der Waals surface area contributed by atoms with E-state index in [1.54, 1.807) is 6.20 Å². The second-order valence-electron chi connectivity index (χ2n) is 4.47. The maximum absolute atomic E-state index is 12.9. The first kappa shape index (κ1) is 15.4. The molecule has 0 aliphatic carbocycles. The van der Waals surface area contributed by atoms with E-state index in [4.69, 9.17) is 17.3 Å². The lowest BCUT2D eigenvalue weighted by molar-refractivity contribution is -0.116. The van der Waals surface area contributed by atoms with Crippen LogP contribution in [0.1, 0.15) is 12.1 Å². The van der Waals surface area contributed by atoms with Crippen molar-refractivity contribution in [2.24, 2.45) is 5.73 Å². The number of carbonyl (C=O) groups excluding carboxylic acids is 1. The number of anilines is 1. The second kappa shape index (κ2) is 7.14. The topological polar surface area (TPSA) is 85.8 Å². The Morgan fingerprint density at radius 3 is 3.00 bits per heavy atom. The number of aryl methyl sites for hydroxylation is 1. The highest BCUT2D eigenvalue weighted by Gasteiger charge is 2.09. The van der Waals surface area contributed by atoms with Crippen LogP contribution in [-0.2, 0) is 17.8 Å². The molecule has 3 N–H and O–H groups in total. The Bertz CT molecular complexity index is 631. The van der Waals surface area contributed by atoms with E-state index in [9.17, 15) is 9.18 Å². The summed E-state index contributed by atoms with van der Waals surface area (Å²) in [5.41, 5.74) is 6.55. The summed E-state index contributed by atoms with van der Waals surface area (Å²) in [4.78, 5) is 11.9. The number of rotatable bonds is 6. The number of aromatic nitrogens is 3. The molecule has 112 valence electrons. The van der Waals surface area contributed by atoms with Crippen LogP contribution >= 0.6 is 11.6 Å². The van der Waals surface area contributed by atoms with Crippen molar-refractivity contribution in [1.29, 1.82) is 0 Å². The van der Waals surface area contributed by atoms with Crippen LogP contribution in [-0.4, -0.2) is 27.4 Å². The number of hydrogen-bond acceptors (Lipinski definition) is 4. The SMILES string of the molecule is NCCCc1cn(CC(=O)Nc2ccc(F)cc2Cl)nn1. The van der Waals surface area contributed by atoms with E-state index in [0.29, 0.717) is 12.2 Å². The third-order valence-electron chi connectivity index (χ3n) is 2.73. The third-order valence-corrected chi connectivity index (χ3v) is 3.05. The molecule has 0 spiro atoms. The Morgan fingerprint density at radius 2 is 2.29 bits per heavy atom.